The van der Waals surface area contributed by atoms with E-state index in [4.69, 9.17) is 10.8 Å². The topological polar surface area (TPSA) is 79.5 Å². The van der Waals surface area contributed by atoms with Gasteiger partial charge in [0.15, 0.2) is 5.13 Å². The average molecular weight is 245 g/mol. The van der Waals surface area contributed by atoms with Gasteiger partial charge in [0.25, 0.3) is 0 Å². The lowest BCUT2D eigenvalue weighted by Crippen LogP contribution is -2.43. The second-order valence-corrected chi connectivity index (χ2v) is 4.83. The molecule has 1 fully saturated rings. The van der Waals surface area contributed by atoms with E-state index in [1.54, 1.807) is 6.20 Å². The maximum atomic E-state index is 13.8. The molecule has 0 aliphatic carbocycles. The molecular formula is C9H12FN3O2S. The number of halogens is 1. The van der Waals surface area contributed by atoms with E-state index in [0.29, 0.717) is 18.1 Å². The number of rotatable bonds is 1. The van der Waals surface area contributed by atoms with E-state index in [9.17, 15) is 9.18 Å². The second-order valence-electron chi connectivity index (χ2n) is 3.74. The summed E-state index contributed by atoms with van der Waals surface area (Å²) in [5.41, 5.74) is 5.49. The number of nitrogens with two attached hydrogens (primary N) is 1. The van der Waals surface area contributed by atoms with Gasteiger partial charge in [-0.25, -0.2) is 14.2 Å². The fourth-order valence-electron chi connectivity index (χ4n) is 1.87. The number of carbonyl (C=O) groups is 1. The highest BCUT2D eigenvalue weighted by atomic mass is 32.1. The summed E-state index contributed by atoms with van der Waals surface area (Å²) in [6.45, 7) is 0.288. The van der Waals surface area contributed by atoms with Crippen molar-refractivity contribution in [1.82, 2.24) is 9.88 Å². The van der Waals surface area contributed by atoms with Crippen molar-refractivity contribution in [2.75, 3.05) is 18.8 Å². The number of aromatic nitrogens is 1. The molecule has 16 heavy (non-hydrogen) atoms. The van der Waals surface area contributed by atoms with Gasteiger partial charge < -0.3 is 15.7 Å². The van der Waals surface area contributed by atoms with Gasteiger partial charge in [-0.3, -0.25) is 0 Å². The predicted molar refractivity (Wildman–Crippen MR) is 58.4 cm³/mol. The fourth-order valence-corrected chi connectivity index (χ4v) is 2.74. The molecule has 0 aromatic carbocycles. The van der Waals surface area contributed by atoms with Crippen molar-refractivity contribution in [2.24, 2.45) is 0 Å². The number of hydrogen-bond donors (Lipinski definition) is 2. The molecule has 2 atom stereocenters. The molecule has 2 rings (SSSR count). The molecule has 3 N–H and O–H groups in total. The van der Waals surface area contributed by atoms with Crippen LogP contribution in [0.2, 0.25) is 0 Å². The Balaban J connectivity index is 2.07. The summed E-state index contributed by atoms with van der Waals surface area (Å²) >= 11 is 1.27. The van der Waals surface area contributed by atoms with Crippen LogP contribution in [0.1, 0.15) is 17.2 Å². The first-order valence-electron chi connectivity index (χ1n) is 4.91. The van der Waals surface area contributed by atoms with E-state index in [1.807, 2.05) is 0 Å². The minimum Gasteiger partial charge on any atom is -0.465 e. The van der Waals surface area contributed by atoms with E-state index >= 15 is 0 Å². The van der Waals surface area contributed by atoms with Crippen molar-refractivity contribution in [3.8, 4) is 0 Å². The van der Waals surface area contributed by atoms with Crippen LogP contribution in [0.5, 0.6) is 0 Å². The van der Waals surface area contributed by atoms with Crippen LogP contribution in [-0.2, 0) is 0 Å². The zero-order valence-corrected chi connectivity index (χ0v) is 9.28. The zero-order chi connectivity index (χ0) is 11.7. The van der Waals surface area contributed by atoms with Gasteiger partial charge in [0.1, 0.15) is 6.17 Å². The summed E-state index contributed by atoms with van der Waals surface area (Å²) < 4.78 is 13.8. The fraction of sp³-hybridized carbons (Fsp3) is 0.556. The maximum Gasteiger partial charge on any atom is 0.407 e. The van der Waals surface area contributed by atoms with E-state index in [0.717, 1.165) is 9.78 Å². The molecule has 88 valence electrons. The standard InChI is InChI=1S/C9H12FN3O2S/c10-6-4-13(9(14)15)2-1-5(6)7-3-12-8(11)16-7/h3,5-6H,1-2,4H2,(H2,11,12)(H,14,15)/t5-,6+/m0/s1. The zero-order valence-electron chi connectivity index (χ0n) is 8.47. The lowest BCUT2D eigenvalue weighted by molar-refractivity contribution is 0.0969. The van der Waals surface area contributed by atoms with Gasteiger partial charge in [-0.15, -0.1) is 11.3 Å². The molecule has 1 amide bonds. The van der Waals surface area contributed by atoms with Gasteiger partial charge in [-0.2, -0.15) is 0 Å². The van der Waals surface area contributed by atoms with Crippen LogP contribution < -0.4 is 5.73 Å². The van der Waals surface area contributed by atoms with Crippen molar-refractivity contribution in [1.29, 1.82) is 0 Å². The molecule has 7 heteroatoms. The number of nitrogen functional groups attached to an aromatic ring is 1. The number of piperidine rings is 1. The lowest BCUT2D eigenvalue weighted by Gasteiger charge is -2.32. The normalized spacial score (nSPS) is 25.7. The molecule has 1 aliphatic rings. The van der Waals surface area contributed by atoms with Crippen LogP contribution in [0.25, 0.3) is 0 Å². The predicted octanol–water partition coefficient (Wildman–Crippen LogP) is 1.53. The van der Waals surface area contributed by atoms with Gasteiger partial charge >= 0.3 is 6.09 Å². The summed E-state index contributed by atoms with van der Waals surface area (Å²) in [6, 6.07) is 0. The summed E-state index contributed by atoms with van der Waals surface area (Å²) in [5, 5.41) is 9.17. The smallest absolute Gasteiger partial charge is 0.407 e. The monoisotopic (exact) mass is 245 g/mol. The van der Waals surface area contributed by atoms with Crippen molar-refractivity contribution >= 4 is 22.6 Å². The number of likely N-dealkylation sites (tertiary alicyclic amines) is 1. The number of anilines is 1. The number of thiazole rings is 1. The van der Waals surface area contributed by atoms with Crippen LogP contribution in [0, 0.1) is 0 Å². The van der Waals surface area contributed by atoms with Crippen LogP contribution in [0.15, 0.2) is 6.20 Å². The summed E-state index contributed by atoms with van der Waals surface area (Å²) in [4.78, 5) is 16.5. The summed E-state index contributed by atoms with van der Waals surface area (Å²) in [5.74, 6) is -0.273. The van der Waals surface area contributed by atoms with Crippen LogP contribution in [0.3, 0.4) is 0 Å². The third-order valence-electron chi connectivity index (χ3n) is 2.72. The van der Waals surface area contributed by atoms with Gasteiger partial charge in [0, 0.05) is 23.5 Å². The van der Waals surface area contributed by atoms with Crippen molar-refractivity contribution < 1.29 is 14.3 Å². The quantitative estimate of drug-likeness (QED) is 0.786. The van der Waals surface area contributed by atoms with Crippen LogP contribution in [0.4, 0.5) is 14.3 Å². The Kier molecular flexibility index (Phi) is 2.95. The molecule has 2 heterocycles. The second kappa shape index (κ2) is 4.25. The highest BCUT2D eigenvalue weighted by molar-refractivity contribution is 7.15. The van der Waals surface area contributed by atoms with Gasteiger partial charge in [-0.05, 0) is 6.42 Å². The Bertz CT molecular complexity index is 398. The molecule has 1 aromatic rings. The highest BCUT2D eigenvalue weighted by Crippen LogP contribution is 2.34. The van der Waals surface area contributed by atoms with Crippen molar-refractivity contribution in [3.63, 3.8) is 0 Å². The summed E-state index contributed by atoms with van der Waals surface area (Å²) in [7, 11) is 0. The van der Waals surface area contributed by atoms with Gasteiger partial charge in [0.2, 0.25) is 0 Å². The first-order valence-corrected chi connectivity index (χ1v) is 5.72. The number of nitrogens with zero attached hydrogens (tertiary/aromatic N) is 2. The molecule has 1 aromatic heterocycles. The van der Waals surface area contributed by atoms with Crippen LogP contribution >= 0.6 is 11.3 Å². The Hall–Kier alpha value is -1.37. The Labute approximate surface area is 95.7 Å². The lowest BCUT2D eigenvalue weighted by atomic mass is 9.94. The molecular weight excluding hydrogens is 233 g/mol. The van der Waals surface area contributed by atoms with E-state index in [-0.39, 0.29) is 12.5 Å². The minimum atomic E-state index is -1.18. The minimum absolute atomic E-state index is 0.0716. The molecule has 1 aliphatic heterocycles. The molecule has 5 nitrogen and oxygen atoms in total. The van der Waals surface area contributed by atoms with Gasteiger partial charge in [0.05, 0.1) is 6.54 Å². The third-order valence-corrected chi connectivity index (χ3v) is 3.68. The van der Waals surface area contributed by atoms with Crippen molar-refractivity contribution in [3.05, 3.63) is 11.1 Å². The molecule has 0 unspecified atom stereocenters. The highest BCUT2D eigenvalue weighted by Gasteiger charge is 2.33. The number of amides is 1. The molecule has 0 spiro atoms. The Morgan fingerprint density at radius 1 is 1.75 bits per heavy atom. The number of hydrogen-bond acceptors (Lipinski definition) is 4. The maximum absolute atomic E-state index is 13.8. The first-order chi connectivity index (χ1) is 7.58. The van der Waals surface area contributed by atoms with E-state index < -0.39 is 12.3 Å². The molecule has 1 saturated heterocycles. The summed E-state index contributed by atoms with van der Waals surface area (Å²) in [6.07, 6.45) is -0.183. The molecule has 0 saturated carbocycles. The van der Waals surface area contributed by atoms with Gasteiger partial charge in [-0.1, -0.05) is 0 Å². The number of carboxylic acid groups (broad SMARTS) is 1. The molecule has 0 radical (unpaired) electrons. The van der Waals surface area contributed by atoms with Crippen LogP contribution in [-0.4, -0.2) is 40.3 Å². The number of alkyl halides is 1. The van der Waals surface area contributed by atoms with E-state index in [1.165, 1.54) is 11.3 Å². The SMILES string of the molecule is Nc1ncc([C@H]2CCN(C(=O)O)C[C@H]2F)s1. The third kappa shape index (κ3) is 2.08. The Morgan fingerprint density at radius 2 is 2.50 bits per heavy atom. The van der Waals surface area contributed by atoms with Crippen molar-refractivity contribution in [2.45, 2.75) is 18.5 Å². The first kappa shape index (κ1) is 11.1. The molecule has 0 bridgehead atoms. The average Bonchev–Trinajstić information content (AvgIpc) is 2.64. The Morgan fingerprint density at radius 3 is 3.00 bits per heavy atom. The largest absolute Gasteiger partial charge is 0.465 e. The van der Waals surface area contributed by atoms with E-state index in [2.05, 4.69) is 4.98 Å².